The lowest BCUT2D eigenvalue weighted by atomic mass is 9.45. The van der Waals surface area contributed by atoms with Crippen molar-refractivity contribution in [3.05, 3.63) is 41.5 Å². The molecule has 7 atom stereocenters. The molecule has 1 saturated heterocycles. The van der Waals surface area contributed by atoms with Crippen LogP contribution in [0.3, 0.4) is 0 Å². The highest BCUT2D eigenvalue weighted by Crippen LogP contribution is 2.67. The first-order chi connectivity index (χ1) is 19.1. The standard InChI is InChI=1S/C31H42N6O3/c1-29-16-20-18-34-35(3)24(20)15-21(29)5-6-22-23-7-8-31(40,30(23,2)17-25(38)27(22)29)26(39)19-36-11-13-37(14-12-36)28-32-9-4-10-33-28/h4,9-10,15,18,22-23,25,27,38,40H,5-8,11-14,16-17,19H2,1-3H3/t22?,23?,25-,27?,29-,30-,31-/m0/s1. The summed E-state index contributed by atoms with van der Waals surface area (Å²) < 4.78 is 1.96. The van der Waals surface area contributed by atoms with Crippen LogP contribution in [-0.4, -0.2) is 85.1 Å². The van der Waals surface area contributed by atoms with E-state index in [1.165, 1.54) is 16.8 Å². The summed E-state index contributed by atoms with van der Waals surface area (Å²) in [5, 5.41) is 28.5. The number of hydrogen-bond acceptors (Lipinski definition) is 8. The molecular formula is C31H42N6O3. The Hall–Kier alpha value is -2.62. The number of carbonyl (C=O) groups excluding carboxylic acids is 1. The first-order valence-corrected chi connectivity index (χ1v) is 15.0. The maximum Gasteiger partial charge on any atom is 0.225 e. The van der Waals surface area contributed by atoms with Crippen molar-refractivity contribution in [1.29, 1.82) is 0 Å². The Labute approximate surface area is 236 Å². The summed E-state index contributed by atoms with van der Waals surface area (Å²) in [6, 6.07) is 1.81. The molecule has 9 heteroatoms. The van der Waals surface area contributed by atoms with Gasteiger partial charge in [0.25, 0.3) is 0 Å². The lowest BCUT2D eigenvalue weighted by molar-refractivity contribution is -0.180. The van der Waals surface area contributed by atoms with Crippen LogP contribution in [0, 0.1) is 28.6 Å². The van der Waals surface area contributed by atoms with E-state index in [-0.39, 0.29) is 29.6 Å². The number of piperazine rings is 1. The van der Waals surface area contributed by atoms with Crippen molar-refractivity contribution in [2.24, 2.45) is 35.6 Å². The van der Waals surface area contributed by atoms with E-state index in [4.69, 9.17) is 0 Å². The quantitative estimate of drug-likeness (QED) is 0.603. The lowest BCUT2D eigenvalue weighted by Crippen LogP contribution is -2.63. The van der Waals surface area contributed by atoms with Gasteiger partial charge in [-0.15, -0.1) is 0 Å². The second-order valence-electron chi connectivity index (χ2n) is 13.6. The molecule has 3 unspecified atom stereocenters. The molecule has 0 radical (unpaired) electrons. The summed E-state index contributed by atoms with van der Waals surface area (Å²) in [6.07, 6.45) is 12.0. The van der Waals surface area contributed by atoms with Gasteiger partial charge in [-0.1, -0.05) is 19.4 Å². The molecule has 4 fully saturated rings. The first kappa shape index (κ1) is 26.3. The number of aliphatic hydroxyl groups is 2. The summed E-state index contributed by atoms with van der Waals surface area (Å²) in [6.45, 7) is 7.66. The maximum absolute atomic E-state index is 13.9. The van der Waals surface area contributed by atoms with Gasteiger partial charge in [-0.05, 0) is 79.4 Å². The Bertz CT molecular complexity index is 1340. The number of rotatable bonds is 4. The third-order valence-corrected chi connectivity index (χ3v) is 11.8. The Balaban J connectivity index is 1.08. The molecule has 3 saturated carbocycles. The predicted octanol–water partition coefficient (Wildman–Crippen LogP) is 2.49. The fraction of sp³-hybridized carbons (Fsp3) is 0.677. The molecule has 2 aromatic heterocycles. The number of fused-ring (bicyclic) bond motifs is 6. The van der Waals surface area contributed by atoms with Crippen molar-refractivity contribution in [3.8, 4) is 0 Å². The molecule has 0 aromatic carbocycles. The SMILES string of the molecule is Cn1ncc2c1C=C1CCC3C([C@@H](O)C[C@@]4(C)C3CC[C@]4(O)C(=O)CN3CCN(c4ncccn4)CC3)[C@@]1(C)C2. The molecule has 5 aliphatic rings. The van der Waals surface area contributed by atoms with Gasteiger partial charge < -0.3 is 15.1 Å². The Morgan fingerprint density at radius 2 is 1.88 bits per heavy atom. The molecule has 214 valence electrons. The van der Waals surface area contributed by atoms with E-state index in [0.29, 0.717) is 18.8 Å². The van der Waals surface area contributed by atoms with Crippen molar-refractivity contribution >= 4 is 17.8 Å². The Morgan fingerprint density at radius 3 is 2.62 bits per heavy atom. The highest BCUT2D eigenvalue weighted by Gasteiger charge is 2.68. The highest BCUT2D eigenvalue weighted by molar-refractivity contribution is 5.90. The zero-order chi connectivity index (χ0) is 27.9. The van der Waals surface area contributed by atoms with E-state index < -0.39 is 17.1 Å². The minimum Gasteiger partial charge on any atom is -0.393 e. The van der Waals surface area contributed by atoms with E-state index in [2.05, 4.69) is 44.8 Å². The van der Waals surface area contributed by atoms with Crippen molar-refractivity contribution in [1.82, 2.24) is 24.6 Å². The smallest absolute Gasteiger partial charge is 0.225 e. The molecule has 0 bridgehead atoms. The third kappa shape index (κ3) is 3.70. The number of aliphatic hydroxyl groups excluding tert-OH is 1. The lowest BCUT2D eigenvalue weighted by Gasteiger charge is -2.60. The third-order valence-electron chi connectivity index (χ3n) is 11.8. The number of allylic oxidation sites excluding steroid dienone is 1. The molecule has 9 nitrogen and oxygen atoms in total. The van der Waals surface area contributed by atoms with Gasteiger partial charge in [0.05, 0.1) is 24.5 Å². The number of hydrogen-bond donors (Lipinski definition) is 2. The Morgan fingerprint density at radius 1 is 1.12 bits per heavy atom. The van der Waals surface area contributed by atoms with Crippen LogP contribution in [0.1, 0.15) is 57.2 Å². The van der Waals surface area contributed by atoms with Gasteiger partial charge in [0.1, 0.15) is 5.60 Å². The monoisotopic (exact) mass is 546 g/mol. The van der Waals surface area contributed by atoms with Crippen LogP contribution in [0.4, 0.5) is 5.95 Å². The summed E-state index contributed by atoms with van der Waals surface area (Å²) in [5.74, 6) is 1.30. The topological polar surface area (TPSA) is 108 Å². The van der Waals surface area contributed by atoms with Crippen molar-refractivity contribution in [3.63, 3.8) is 0 Å². The molecule has 1 aliphatic heterocycles. The van der Waals surface area contributed by atoms with Crippen molar-refractivity contribution in [2.75, 3.05) is 37.6 Å². The number of anilines is 1. The predicted molar refractivity (Wildman–Crippen MR) is 151 cm³/mol. The summed E-state index contributed by atoms with van der Waals surface area (Å²) >= 11 is 0. The van der Waals surface area contributed by atoms with Gasteiger partial charge in [0.15, 0.2) is 5.78 Å². The highest BCUT2D eigenvalue weighted by atomic mass is 16.3. The van der Waals surface area contributed by atoms with Crippen LogP contribution in [0.25, 0.3) is 6.08 Å². The molecule has 2 N–H and O–H groups in total. The van der Waals surface area contributed by atoms with E-state index in [1.54, 1.807) is 12.4 Å². The Kier molecular flexibility index (Phi) is 6.04. The van der Waals surface area contributed by atoms with Crippen LogP contribution in [0.5, 0.6) is 0 Å². The number of Topliss-reactive ketones (excluding diaryl/α,β-unsaturated/α-hetero) is 1. The average molecular weight is 547 g/mol. The minimum atomic E-state index is -1.40. The maximum atomic E-state index is 13.9. The molecule has 3 heterocycles. The number of carbonyl (C=O) groups is 1. The average Bonchev–Trinajstić information content (AvgIpc) is 3.43. The minimum absolute atomic E-state index is 0.0761. The molecule has 0 spiro atoms. The summed E-state index contributed by atoms with van der Waals surface area (Å²) in [4.78, 5) is 26.9. The second kappa shape index (κ2) is 9.19. The van der Waals surface area contributed by atoms with Crippen LogP contribution >= 0.6 is 0 Å². The largest absolute Gasteiger partial charge is 0.393 e. The number of aromatic nitrogens is 4. The zero-order valence-corrected chi connectivity index (χ0v) is 24.0. The van der Waals surface area contributed by atoms with Crippen molar-refractivity contribution < 1.29 is 15.0 Å². The molecule has 2 aromatic rings. The molecule has 0 amide bonds. The van der Waals surface area contributed by atoms with Crippen LogP contribution in [0.2, 0.25) is 0 Å². The van der Waals surface area contributed by atoms with E-state index >= 15 is 0 Å². The van der Waals surface area contributed by atoms with E-state index in [9.17, 15) is 15.0 Å². The van der Waals surface area contributed by atoms with E-state index in [0.717, 1.165) is 57.8 Å². The van der Waals surface area contributed by atoms with Gasteiger partial charge in [-0.25, -0.2) is 9.97 Å². The van der Waals surface area contributed by atoms with Gasteiger partial charge >= 0.3 is 0 Å². The second-order valence-corrected chi connectivity index (χ2v) is 13.6. The van der Waals surface area contributed by atoms with Gasteiger partial charge in [0, 0.05) is 51.0 Å². The van der Waals surface area contributed by atoms with Crippen LogP contribution in [0.15, 0.2) is 30.2 Å². The molecule has 40 heavy (non-hydrogen) atoms. The van der Waals surface area contributed by atoms with Crippen molar-refractivity contribution in [2.45, 2.75) is 64.1 Å². The van der Waals surface area contributed by atoms with Crippen LogP contribution < -0.4 is 4.90 Å². The zero-order valence-electron chi connectivity index (χ0n) is 24.0. The number of ketones is 1. The number of aryl methyl sites for hydroxylation is 1. The fourth-order valence-corrected chi connectivity index (χ4v) is 9.67. The number of nitrogens with zero attached hydrogens (tertiary/aromatic N) is 6. The molecule has 4 aliphatic carbocycles. The van der Waals surface area contributed by atoms with E-state index in [1.807, 2.05) is 24.0 Å². The van der Waals surface area contributed by atoms with Gasteiger partial charge in [-0.3, -0.25) is 14.4 Å². The van der Waals surface area contributed by atoms with Gasteiger partial charge in [0.2, 0.25) is 5.95 Å². The molecular weight excluding hydrogens is 504 g/mol. The normalized spacial score (nSPS) is 39.1. The summed E-state index contributed by atoms with van der Waals surface area (Å²) in [7, 11) is 2.00. The van der Waals surface area contributed by atoms with Gasteiger partial charge in [-0.2, -0.15) is 5.10 Å². The fourth-order valence-electron chi connectivity index (χ4n) is 9.67. The van der Waals surface area contributed by atoms with Crippen LogP contribution in [-0.2, 0) is 18.3 Å². The summed E-state index contributed by atoms with van der Waals surface area (Å²) in [5.41, 5.74) is 1.74. The first-order valence-electron chi connectivity index (χ1n) is 15.0. The molecule has 7 rings (SSSR count).